The number of imidazole rings is 1. The fourth-order valence-corrected chi connectivity index (χ4v) is 5.86. The summed E-state index contributed by atoms with van der Waals surface area (Å²) >= 11 is 0. The highest BCUT2D eigenvalue weighted by atomic mass is 28.3. The van der Waals surface area contributed by atoms with E-state index < -0.39 is 13.7 Å². The summed E-state index contributed by atoms with van der Waals surface area (Å²) < 4.78 is 13.9. The molecule has 2 aromatic carbocycles. The van der Waals surface area contributed by atoms with Crippen LogP contribution in [0.15, 0.2) is 55.0 Å². The van der Waals surface area contributed by atoms with E-state index in [4.69, 9.17) is 24.4 Å². The molecule has 1 atom stereocenters. The Morgan fingerprint density at radius 3 is 2.43 bits per heavy atom. The van der Waals surface area contributed by atoms with Crippen LogP contribution >= 0.6 is 0 Å². The molecule has 9 nitrogen and oxygen atoms in total. The third-order valence-corrected chi connectivity index (χ3v) is 9.02. The minimum Gasteiger partial charge on any atom is -0.508 e. The summed E-state index contributed by atoms with van der Waals surface area (Å²) in [6, 6.07) is 12.1. The first-order chi connectivity index (χ1) is 19.9. The number of carbonyl (C=O) groups is 1. The Kier molecular flexibility index (Phi) is 8.38. The van der Waals surface area contributed by atoms with Gasteiger partial charge in [0.1, 0.15) is 29.6 Å². The largest absolute Gasteiger partial charge is 0.508 e. The first-order valence-electron chi connectivity index (χ1n) is 14.6. The highest BCUT2D eigenvalue weighted by Gasteiger charge is 2.36. The van der Waals surface area contributed by atoms with Gasteiger partial charge in [-0.05, 0) is 68.6 Å². The summed E-state index contributed by atoms with van der Waals surface area (Å²) in [6.45, 7) is 14.2. The number of aromatic hydroxyl groups is 1. The molecular formula is C32H41N5O4Si. The number of phenols is 1. The van der Waals surface area contributed by atoms with E-state index in [0.29, 0.717) is 25.6 Å². The summed E-state index contributed by atoms with van der Waals surface area (Å²) in [7, 11) is -1.26. The van der Waals surface area contributed by atoms with Crippen LogP contribution in [0.25, 0.3) is 33.4 Å². The lowest BCUT2D eigenvalue weighted by atomic mass is 10.0. The fourth-order valence-electron chi connectivity index (χ4n) is 5.11. The summed E-state index contributed by atoms with van der Waals surface area (Å²) in [4.78, 5) is 29.2. The zero-order chi connectivity index (χ0) is 30.1. The Morgan fingerprint density at radius 1 is 1.00 bits per heavy atom. The second kappa shape index (κ2) is 11.8. The zero-order valence-electron chi connectivity index (χ0n) is 25.4. The number of nitrogens with zero attached hydrogens (tertiary/aromatic N) is 5. The van der Waals surface area contributed by atoms with Gasteiger partial charge in [-0.25, -0.2) is 9.78 Å². The molecule has 0 saturated carbocycles. The molecule has 2 aromatic heterocycles. The number of fused-ring (bicyclic) bond motifs is 1. The van der Waals surface area contributed by atoms with Crippen molar-refractivity contribution >= 4 is 24.9 Å². The second-order valence-electron chi connectivity index (χ2n) is 13.1. The van der Waals surface area contributed by atoms with Crippen LogP contribution in [-0.4, -0.2) is 62.4 Å². The van der Waals surface area contributed by atoms with E-state index in [9.17, 15) is 9.90 Å². The molecule has 0 spiro atoms. The number of benzene rings is 2. The minimum atomic E-state index is -1.26. The SMILES string of the molecule is CC(C)(C)OC(=O)N1CCC[C@H]1c1ncc(-c2cnc(-c3ccc4cc(O)ccc4c3)cn2)n1COCC[Si](C)(C)C. The van der Waals surface area contributed by atoms with Crippen LogP contribution in [0.3, 0.4) is 0 Å². The van der Waals surface area contributed by atoms with Crippen molar-refractivity contribution in [3.05, 3.63) is 60.8 Å². The molecule has 222 valence electrons. The van der Waals surface area contributed by atoms with E-state index in [1.165, 1.54) is 0 Å². The predicted octanol–water partition coefficient (Wildman–Crippen LogP) is 7.25. The van der Waals surface area contributed by atoms with Gasteiger partial charge in [-0.1, -0.05) is 37.8 Å². The van der Waals surface area contributed by atoms with E-state index in [1.54, 1.807) is 35.6 Å². The van der Waals surface area contributed by atoms with Gasteiger partial charge in [0.05, 0.1) is 36.0 Å². The molecule has 1 aliphatic rings. The Morgan fingerprint density at radius 2 is 1.71 bits per heavy atom. The van der Waals surface area contributed by atoms with Gasteiger partial charge >= 0.3 is 6.09 Å². The monoisotopic (exact) mass is 587 g/mol. The van der Waals surface area contributed by atoms with Crippen LogP contribution in [0, 0.1) is 0 Å². The molecule has 10 heteroatoms. The molecule has 0 bridgehead atoms. The maximum atomic E-state index is 13.1. The van der Waals surface area contributed by atoms with Crippen molar-refractivity contribution in [3.63, 3.8) is 0 Å². The zero-order valence-corrected chi connectivity index (χ0v) is 26.4. The van der Waals surface area contributed by atoms with Gasteiger partial charge in [-0.3, -0.25) is 14.9 Å². The van der Waals surface area contributed by atoms with Crippen molar-refractivity contribution in [1.82, 2.24) is 24.4 Å². The molecule has 42 heavy (non-hydrogen) atoms. The first-order valence-corrected chi connectivity index (χ1v) is 18.3. The van der Waals surface area contributed by atoms with Crippen LogP contribution in [0.2, 0.25) is 25.7 Å². The Hall–Kier alpha value is -3.76. The Bertz CT molecular complexity index is 1560. The summed E-state index contributed by atoms with van der Waals surface area (Å²) in [5.74, 6) is 1.01. The number of ether oxygens (including phenoxy) is 2. The summed E-state index contributed by atoms with van der Waals surface area (Å²) in [6.07, 6.45) is 6.68. The van der Waals surface area contributed by atoms with Gasteiger partial charge in [0.25, 0.3) is 0 Å². The Labute approximate surface area is 248 Å². The lowest BCUT2D eigenvalue weighted by Gasteiger charge is -2.29. The predicted molar refractivity (Wildman–Crippen MR) is 167 cm³/mol. The first kappa shape index (κ1) is 29.7. The van der Waals surface area contributed by atoms with Crippen molar-refractivity contribution in [1.29, 1.82) is 0 Å². The lowest BCUT2D eigenvalue weighted by Crippen LogP contribution is -2.37. The summed E-state index contributed by atoms with van der Waals surface area (Å²) in [5.41, 5.74) is 2.59. The molecule has 3 heterocycles. The number of aromatic nitrogens is 4. The molecular weight excluding hydrogens is 546 g/mol. The van der Waals surface area contributed by atoms with E-state index >= 15 is 0 Å². The topological polar surface area (TPSA) is 103 Å². The lowest BCUT2D eigenvalue weighted by molar-refractivity contribution is 0.0204. The molecule has 1 aliphatic heterocycles. The van der Waals surface area contributed by atoms with E-state index in [0.717, 1.165) is 52.4 Å². The standard InChI is InChI=1S/C32H41N5O4Si/c1-32(2,3)41-31(39)36-13-7-8-28(36)30-35-20-29(37(30)21-40-14-15-42(4,5)6)27-19-33-26(18-34-27)24-10-9-23-17-25(38)12-11-22(23)16-24/h9-12,16-20,28,38H,7-8,13-15,21H2,1-6H3/t28-/m0/s1. The van der Waals surface area contributed by atoms with Crippen molar-refractivity contribution in [2.24, 2.45) is 0 Å². The molecule has 0 radical (unpaired) electrons. The average molecular weight is 588 g/mol. The van der Waals surface area contributed by atoms with E-state index in [1.807, 2.05) is 49.6 Å². The molecule has 0 aliphatic carbocycles. The van der Waals surface area contributed by atoms with Crippen molar-refractivity contribution in [3.8, 4) is 28.4 Å². The smallest absolute Gasteiger partial charge is 0.410 e. The number of hydrogen-bond acceptors (Lipinski definition) is 7. The number of phenolic OH excluding ortho intramolecular Hbond substituents is 1. The second-order valence-corrected chi connectivity index (χ2v) is 18.8. The summed E-state index contributed by atoms with van der Waals surface area (Å²) in [5, 5.41) is 11.8. The molecule has 1 fully saturated rings. The Balaban J connectivity index is 1.44. The van der Waals surface area contributed by atoms with Gasteiger partial charge < -0.3 is 19.1 Å². The van der Waals surface area contributed by atoms with Crippen LogP contribution in [-0.2, 0) is 16.2 Å². The van der Waals surface area contributed by atoms with Gasteiger partial charge in [0, 0.05) is 26.8 Å². The van der Waals surface area contributed by atoms with Crippen molar-refractivity contribution in [2.75, 3.05) is 13.2 Å². The van der Waals surface area contributed by atoms with Crippen LogP contribution < -0.4 is 0 Å². The molecule has 1 N–H and O–H groups in total. The maximum Gasteiger partial charge on any atom is 0.410 e. The maximum absolute atomic E-state index is 13.1. The highest BCUT2D eigenvalue weighted by molar-refractivity contribution is 6.76. The van der Waals surface area contributed by atoms with Gasteiger partial charge in [0.2, 0.25) is 0 Å². The fraction of sp³-hybridized carbons (Fsp3) is 0.438. The normalized spacial score (nSPS) is 15.9. The van der Waals surface area contributed by atoms with Gasteiger partial charge in [-0.2, -0.15) is 0 Å². The molecule has 1 saturated heterocycles. The van der Waals surface area contributed by atoms with Gasteiger partial charge in [0.15, 0.2) is 0 Å². The number of rotatable bonds is 8. The van der Waals surface area contributed by atoms with E-state index in [2.05, 4.69) is 19.6 Å². The van der Waals surface area contributed by atoms with Crippen LogP contribution in [0.4, 0.5) is 4.79 Å². The average Bonchev–Trinajstić information content (AvgIpc) is 3.57. The molecule has 4 aromatic rings. The third-order valence-electron chi connectivity index (χ3n) is 7.32. The quantitative estimate of drug-likeness (QED) is 0.171. The number of amides is 1. The number of likely N-dealkylation sites (tertiary alicyclic amines) is 1. The van der Waals surface area contributed by atoms with Crippen LogP contribution in [0.1, 0.15) is 45.5 Å². The van der Waals surface area contributed by atoms with Crippen LogP contribution in [0.5, 0.6) is 5.75 Å². The van der Waals surface area contributed by atoms with E-state index in [-0.39, 0.29) is 17.9 Å². The molecule has 1 amide bonds. The third kappa shape index (κ3) is 6.99. The van der Waals surface area contributed by atoms with Crippen molar-refractivity contribution < 1.29 is 19.4 Å². The molecule has 5 rings (SSSR count). The highest BCUT2D eigenvalue weighted by Crippen LogP contribution is 2.35. The minimum absolute atomic E-state index is 0.210. The molecule has 0 unspecified atom stereocenters. The van der Waals surface area contributed by atoms with Gasteiger partial charge in [-0.15, -0.1) is 0 Å². The number of hydrogen-bond donors (Lipinski definition) is 1. The number of carbonyl (C=O) groups excluding carboxylic acids is 1. The van der Waals surface area contributed by atoms with Crippen molar-refractivity contribution in [2.45, 2.75) is 77.7 Å².